The SMILES string of the molecule is CCC(CC)C(=O)N1CCC(NC(=O)NC2CCC(C(=O)O)CC2)CC1. The van der Waals surface area contributed by atoms with E-state index in [1.54, 1.807) is 0 Å². The molecular weight excluding hydrogens is 334 g/mol. The van der Waals surface area contributed by atoms with Gasteiger partial charge in [0.15, 0.2) is 0 Å². The Kier molecular flexibility index (Phi) is 7.72. The number of carboxylic acids is 1. The van der Waals surface area contributed by atoms with Gasteiger partial charge in [0.2, 0.25) is 5.91 Å². The normalized spacial score (nSPS) is 24.3. The molecule has 0 atom stereocenters. The van der Waals surface area contributed by atoms with Crippen molar-refractivity contribution in [3.05, 3.63) is 0 Å². The monoisotopic (exact) mass is 367 g/mol. The summed E-state index contributed by atoms with van der Waals surface area (Å²) >= 11 is 0. The molecule has 7 nitrogen and oxygen atoms in total. The first kappa shape index (κ1) is 20.5. The molecule has 1 saturated carbocycles. The van der Waals surface area contributed by atoms with E-state index >= 15 is 0 Å². The maximum Gasteiger partial charge on any atom is 0.315 e. The first-order valence-electron chi connectivity index (χ1n) is 10.0. The Morgan fingerprint density at radius 3 is 1.88 bits per heavy atom. The van der Waals surface area contributed by atoms with Gasteiger partial charge in [0.1, 0.15) is 0 Å². The number of carboxylic acid groups (broad SMARTS) is 1. The molecule has 2 aliphatic rings. The van der Waals surface area contributed by atoms with Gasteiger partial charge in [-0.3, -0.25) is 9.59 Å². The molecule has 0 unspecified atom stereocenters. The van der Waals surface area contributed by atoms with Crippen LogP contribution in [0.4, 0.5) is 4.79 Å². The highest BCUT2D eigenvalue weighted by molar-refractivity contribution is 5.79. The van der Waals surface area contributed by atoms with E-state index in [-0.39, 0.29) is 35.9 Å². The molecule has 0 aromatic heterocycles. The van der Waals surface area contributed by atoms with Crippen molar-refractivity contribution in [2.45, 2.75) is 77.3 Å². The molecule has 0 aromatic rings. The van der Waals surface area contributed by atoms with Crippen LogP contribution in [0.1, 0.15) is 65.2 Å². The molecular formula is C19H33N3O4. The number of aliphatic carboxylic acids is 1. The first-order valence-corrected chi connectivity index (χ1v) is 10.0. The number of carbonyl (C=O) groups excluding carboxylic acids is 2. The van der Waals surface area contributed by atoms with Gasteiger partial charge in [-0.25, -0.2) is 4.79 Å². The lowest BCUT2D eigenvalue weighted by molar-refractivity contribution is -0.143. The topological polar surface area (TPSA) is 98.7 Å². The number of piperidine rings is 1. The molecule has 3 N–H and O–H groups in total. The minimum atomic E-state index is -0.734. The fourth-order valence-corrected chi connectivity index (χ4v) is 4.04. The van der Waals surface area contributed by atoms with Crippen LogP contribution in [-0.2, 0) is 9.59 Å². The van der Waals surface area contributed by atoms with Gasteiger partial charge >= 0.3 is 12.0 Å². The average Bonchev–Trinajstić information content (AvgIpc) is 2.63. The zero-order valence-corrected chi connectivity index (χ0v) is 16.0. The number of likely N-dealkylation sites (tertiary alicyclic amines) is 1. The number of rotatable bonds is 6. The molecule has 1 saturated heterocycles. The Morgan fingerprint density at radius 1 is 0.923 bits per heavy atom. The molecule has 1 aliphatic carbocycles. The molecule has 3 amide bonds. The van der Waals surface area contributed by atoms with Crippen molar-refractivity contribution in [2.24, 2.45) is 11.8 Å². The van der Waals surface area contributed by atoms with Gasteiger partial charge in [-0.15, -0.1) is 0 Å². The maximum absolute atomic E-state index is 12.4. The van der Waals surface area contributed by atoms with Crippen molar-refractivity contribution in [1.29, 1.82) is 0 Å². The quantitative estimate of drug-likeness (QED) is 0.671. The van der Waals surface area contributed by atoms with E-state index in [1.807, 2.05) is 4.90 Å². The van der Waals surface area contributed by atoms with Gasteiger partial charge in [-0.2, -0.15) is 0 Å². The summed E-state index contributed by atoms with van der Waals surface area (Å²) in [5.41, 5.74) is 0. The van der Waals surface area contributed by atoms with Crippen molar-refractivity contribution < 1.29 is 19.5 Å². The zero-order valence-electron chi connectivity index (χ0n) is 16.0. The molecule has 0 spiro atoms. The molecule has 0 aromatic carbocycles. The van der Waals surface area contributed by atoms with E-state index in [0.717, 1.165) is 25.7 Å². The lowest BCUT2D eigenvalue weighted by Gasteiger charge is -2.35. The fourth-order valence-electron chi connectivity index (χ4n) is 4.04. The highest BCUT2D eigenvalue weighted by Gasteiger charge is 2.29. The summed E-state index contributed by atoms with van der Waals surface area (Å²) in [6.45, 7) is 5.50. The van der Waals surface area contributed by atoms with Crippen molar-refractivity contribution >= 4 is 17.9 Å². The van der Waals surface area contributed by atoms with Gasteiger partial charge in [0.25, 0.3) is 0 Å². The summed E-state index contributed by atoms with van der Waals surface area (Å²) in [7, 11) is 0. The molecule has 0 bridgehead atoms. The average molecular weight is 367 g/mol. The van der Waals surface area contributed by atoms with Crippen LogP contribution >= 0.6 is 0 Å². The van der Waals surface area contributed by atoms with Gasteiger partial charge < -0.3 is 20.6 Å². The van der Waals surface area contributed by atoms with Crippen molar-refractivity contribution in [1.82, 2.24) is 15.5 Å². The molecule has 26 heavy (non-hydrogen) atoms. The van der Waals surface area contributed by atoms with Gasteiger partial charge in [-0.05, 0) is 51.4 Å². The van der Waals surface area contributed by atoms with Crippen LogP contribution in [0.15, 0.2) is 0 Å². The minimum absolute atomic E-state index is 0.0575. The number of hydrogen-bond acceptors (Lipinski definition) is 3. The first-order chi connectivity index (χ1) is 12.4. The standard InChI is InChI=1S/C19H33N3O4/c1-3-13(4-2)17(23)22-11-9-16(10-12-22)21-19(26)20-15-7-5-14(6-8-15)18(24)25/h13-16H,3-12H2,1-2H3,(H,24,25)(H2,20,21,26). The van der Waals surface area contributed by atoms with E-state index in [4.69, 9.17) is 5.11 Å². The second-order valence-corrected chi connectivity index (χ2v) is 7.62. The molecule has 2 fully saturated rings. The third kappa shape index (κ3) is 5.61. The predicted octanol–water partition coefficient (Wildman–Crippen LogP) is 2.36. The fraction of sp³-hybridized carbons (Fsp3) is 0.842. The summed E-state index contributed by atoms with van der Waals surface area (Å²) in [6.07, 6.45) is 5.99. The Balaban J connectivity index is 1.68. The summed E-state index contributed by atoms with van der Waals surface area (Å²) < 4.78 is 0. The predicted molar refractivity (Wildman–Crippen MR) is 98.7 cm³/mol. The smallest absolute Gasteiger partial charge is 0.315 e. The molecule has 1 heterocycles. The van der Waals surface area contributed by atoms with Crippen molar-refractivity contribution in [3.63, 3.8) is 0 Å². The van der Waals surface area contributed by atoms with E-state index < -0.39 is 5.97 Å². The Morgan fingerprint density at radius 2 is 1.42 bits per heavy atom. The molecule has 7 heteroatoms. The second-order valence-electron chi connectivity index (χ2n) is 7.62. The largest absolute Gasteiger partial charge is 0.481 e. The van der Waals surface area contributed by atoms with Crippen LogP contribution < -0.4 is 10.6 Å². The summed E-state index contributed by atoms with van der Waals surface area (Å²) in [5, 5.41) is 15.0. The zero-order chi connectivity index (χ0) is 19.1. The number of hydrogen-bond donors (Lipinski definition) is 3. The summed E-state index contributed by atoms with van der Waals surface area (Å²) in [6, 6.07) is -0.0215. The van der Waals surface area contributed by atoms with Gasteiger partial charge in [0, 0.05) is 31.1 Å². The third-order valence-electron chi connectivity index (χ3n) is 5.89. The molecule has 1 aliphatic heterocycles. The summed E-state index contributed by atoms with van der Waals surface area (Å²) in [4.78, 5) is 37.5. The molecule has 2 rings (SSSR count). The number of amides is 3. The Labute approximate surface area is 155 Å². The maximum atomic E-state index is 12.4. The van der Waals surface area contributed by atoms with Crippen LogP contribution in [0.2, 0.25) is 0 Å². The van der Waals surface area contributed by atoms with E-state index in [1.165, 1.54) is 0 Å². The van der Waals surface area contributed by atoms with Crippen LogP contribution in [-0.4, -0.2) is 53.1 Å². The summed E-state index contributed by atoms with van der Waals surface area (Å²) in [5.74, 6) is -0.646. The Hall–Kier alpha value is -1.79. The number of carbonyl (C=O) groups is 3. The second kappa shape index (κ2) is 9.78. The highest BCUT2D eigenvalue weighted by atomic mass is 16.4. The number of urea groups is 1. The Bertz CT molecular complexity index is 491. The number of nitrogens with one attached hydrogen (secondary N) is 2. The van der Waals surface area contributed by atoms with Crippen LogP contribution in [0, 0.1) is 11.8 Å². The van der Waals surface area contributed by atoms with E-state index in [2.05, 4.69) is 24.5 Å². The lowest BCUT2D eigenvalue weighted by Crippen LogP contribution is -2.52. The molecule has 0 radical (unpaired) electrons. The molecule has 148 valence electrons. The van der Waals surface area contributed by atoms with Crippen LogP contribution in [0.3, 0.4) is 0 Å². The van der Waals surface area contributed by atoms with E-state index in [0.29, 0.717) is 38.8 Å². The van der Waals surface area contributed by atoms with Gasteiger partial charge in [0.05, 0.1) is 5.92 Å². The van der Waals surface area contributed by atoms with E-state index in [9.17, 15) is 14.4 Å². The highest BCUT2D eigenvalue weighted by Crippen LogP contribution is 2.24. The van der Waals surface area contributed by atoms with Crippen LogP contribution in [0.25, 0.3) is 0 Å². The lowest BCUT2D eigenvalue weighted by atomic mass is 9.86. The van der Waals surface area contributed by atoms with Crippen molar-refractivity contribution in [2.75, 3.05) is 13.1 Å². The third-order valence-corrected chi connectivity index (χ3v) is 5.89. The van der Waals surface area contributed by atoms with Gasteiger partial charge in [-0.1, -0.05) is 13.8 Å². The number of nitrogens with zero attached hydrogens (tertiary/aromatic N) is 1. The van der Waals surface area contributed by atoms with Crippen molar-refractivity contribution in [3.8, 4) is 0 Å². The van der Waals surface area contributed by atoms with Crippen LogP contribution in [0.5, 0.6) is 0 Å². The minimum Gasteiger partial charge on any atom is -0.481 e.